The first-order chi connectivity index (χ1) is 20.2. The highest BCUT2D eigenvalue weighted by atomic mass is 29.3. The van der Waals surface area contributed by atoms with Crippen LogP contribution in [-0.2, 0) is 0 Å². The van der Waals surface area contributed by atoms with E-state index in [1.807, 2.05) is 0 Å². The van der Waals surface area contributed by atoms with Crippen molar-refractivity contribution in [3.63, 3.8) is 0 Å². The van der Waals surface area contributed by atoms with Gasteiger partial charge in [0.2, 0.25) is 0 Å². The van der Waals surface area contributed by atoms with Crippen LogP contribution < -0.4 is 0 Å². The van der Waals surface area contributed by atoms with Gasteiger partial charge in [-0.3, -0.25) is 0 Å². The van der Waals surface area contributed by atoms with Gasteiger partial charge in [-0.2, -0.15) is 0 Å². The van der Waals surface area contributed by atoms with E-state index in [2.05, 4.69) is 125 Å². The molecule has 0 nitrogen and oxygen atoms in total. The Morgan fingerprint density at radius 1 is 0.690 bits per heavy atom. The van der Waals surface area contributed by atoms with Gasteiger partial charge >= 0.3 is 0 Å². The molecule has 0 radical (unpaired) electrons. The highest BCUT2D eigenvalue weighted by molar-refractivity contribution is 7.41. The van der Waals surface area contributed by atoms with Crippen LogP contribution in [-0.4, -0.2) is 15.2 Å². The van der Waals surface area contributed by atoms with Gasteiger partial charge in [0.1, 0.15) is 0 Å². The molecule has 224 valence electrons. The van der Waals surface area contributed by atoms with Crippen LogP contribution in [0.4, 0.5) is 0 Å². The molecule has 0 saturated heterocycles. The van der Waals surface area contributed by atoms with Crippen molar-refractivity contribution in [1.82, 2.24) is 0 Å². The fraction of sp³-hybridized carbons (Fsp3) is 0.550. The molecule has 0 aromatic heterocycles. The van der Waals surface area contributed by atoms with Crippen LogP contribution in [0, 0.1) is 23.7 Å². The van der Waals surface area contributed by atoms with E-state index in [1.165, 1.54) is 62.5 Å². The van der Waals surface area contributed by atoms with Crippen molar-refractivity contribution in [2.45, 2.75) is 114 Å². The molecule has 8 unspecified atom stereocenters. The van der Waals surface area contributed by atoms with E-state index in [4.69, 9.17) is 0 Å². The number of hydrogen-bond acceptors (Lipinski definition) is 0. The van der Waals surface area contributed by atoms with Gasteiger partial charge in [0.05, 0.1) is 0 Å². The molecule has 0 N–H and O–H groups in total. The topological polar surface area (TPSA) is 0 Å². The Bertz CT molecular complexity index is 1310. The predicted octanol–water partition coefficient (Wildman–Crippen LogP) is 12.1. The standard InChI is InChI=1S/C40H56Si2/c1-29(32-16-9-7-10-17-32)26-31-24-25-34(28-31)41(3,4)42(5,6)40-30(2)27-39-37(22-15-23-38(39)40)36-21-14-13-20-35(36)33-18-11-8-12-19-33/h7-14,16-21,29-31,34,37-40H,15,22-28H2,1-6H3. The van der Waals surface area contributed by atoms with Crippen molar-refractivity contribution >= 4 is 15.2 Å². The van der Waals surface area contributed by atoms with Gasteiger partial charge in [0, 0.05) is 15.2 Å². The lowest BCUT2D eigenvalue weighted by molar-refractivity contribution is 0.237. The van der Waals surface area contributed by atoms with Gasteiger partial charge in [0.15, 0.2) is 0 Å². The average molecular weight is 593 g/mol. The monoisotopic (exact) mass is 592 g/mol. The fourth-order valence-corrected chi connectivity index (χ4v) is 25.5. The molecular formula is C40H56Si2. The zero-order valence-corrected chi connectivity index (χ0v) is 29.4. The second-order valence-corrected chi connectivity index (χ2v) is 32.0. The molecule has 0 heterocycles. The van der Waals surface area contributed by atoms with Crippen molar-refractivity contribution in [1.29, 1.82) is 0 Å². The lowest BCUT2D eigenvalue weighted by Gasteiger charge is -2.51. The van der Waals surface area contributed by atoms with Crippen LogP contribution in [0.3, 0.4) is 0 Å². The third-order valence-electron chi connectivity index (χ3n) is 13.4. The Hall–Kier alpha value is -1.91. The molecule has 0 amide bonds. The second-order valence-electron chi connectivity index (χ2n) is 15.9. The van der Waals surface area contributed by atoms with E-state index >= 15 is 0 Å². The Kier molecular flexibility index (Phi) is 8.78. The third-order valence-corrected chi connectivity index (χ3v) is 34.1. The number of benzene rings is 3. The molecule has 3 saturated carbocycles. The molecule has 0 aliphatic heterocycles. The summed E-state index contributed by atoms with van der Waals surface area (Å²) in [6, 6.07) is 32.0. The highest BCUT2D eigenvalue weighted by Gasteiger charge is 2.59. The molecule has 3 aliphatic rings. The zero-order valence-electron chi connectivity index (χ0n) is 27.4. The van der Waals surface area contributed by atoms with Gasteiger partial charge in [-0.05, 0) is 88.1 Å². The second kappa shape index (κ2) is 12.2. The van der Waals surface area contributed by atoms with Crippen LogP contribution in [0.1, 0.15) is 88.2 Å². The van der Waals surface area contributed by atoms with E-state index in [9.17, 15) is 0 Å². The molecule has 3 aliphatic carbocycles. The van der Waals surface area contributed by atoms with Gasteiger partial charge in [-0.25, -0.2) is 0 Å². The Morgan fingerprint density at radius 2 is 1.36 bits per heavy atom. The van der Waals surface area contributed by atoms with Gasteiger partial charge in [0.25, 0.3) is 0 Å². The molecule has 0 bridgehead atoms. The summed E-state index contributed by atoms with van der Waals surface area (Å²) in [6.07, 6.45) is 11.7. The molecule has 3 aromatic rings. The van der Waals surface area contributed by atoms with E-state index in [0.29, 0.717) is 5.92 Å². The minimum atomic E-state index is -1.44. The highest BCUT2D eigenvalue weighted by Crippen LogP contribution is 2.63. The number of hydrogen-bond donors (Lipinski definition) is 0. The van der Waals surface area contributed by atoms with Gasteiger partial charge in [-0.1, -0.05) is 157 Å². The number of rotatable bonds is 8. The smallest absolute Gasteiger partial charge is 0.0451 e. The normalized spacial score (nSPS) is 30.7. The summed E-state index contributed by atoms with van der Waals surface area (Å²) < 4.78 is 0. The molecule has 3 fully saturated rings. The molecule has 2 heteroatoms. The van der Waals surface area contributed by atoms with Gasteiger partial charge < -0.3 is 0 Å². The minimum absolute atomic E-state index is 0.693. The summed E-state index contributed by atoms with van der Waals surface area (Å²) in [5, 5.41) is 0. The van der Waals surface area contributed by atoms with E-state index in [1.54, 1.807) is 11.1 Å². The molecule has 3 aromatic carbocycles. The van der Waals surface area contributed by atoms with Crippen molar-refractivity contribution < 1.29 is 0 Å². The lowest BCUT2D eigenvalue weighted by atomic mass is 9.69. The van der Waals surface area contributed by atoms with Crippen molar-refractivity contribution in [3.05, 3.63) is 96.1 Å². The lowest BCUT2D eigenvalue weighted by Crippen LogP contribution is -2.62. The predicted molar refractivity (Wildman–Crippen MR) is 189 cm³/mol. The van der Waals surface area contributed by atoms with Crippen LogP contribution in [0.15, 0.2) is 84.9 Å². The molecular weight excluding hydrogens is 537 g/mol. The first-order valence-electron chi connectivity index (χ1n) is 17.4. The first kappa shape index (κ1) is 30.1. The third kappa shape index (κ3) is 5.56. The van der Waals surface area contributed by atoms with Crippen LogP contribution in [0.2, 0.25) is 37.3 Å². The van der Waals surface area contributed by atoms with E-state index < -0.39 is 15.2 Å². The summed E-state index contributed by atoms with van der Waals surface area (Å²) >= 11 is 0. The maximum atomic E-state index is 2.89. The van der Waals surface area contributed by atoms with Crippen molar-refractivity contribution in [2.75, 3.05) is 0 Å². The maximum Gasteiger partial charge on any atom is 0.0451 e. The number of fused-ring (bicyclic) bond motifs is 1. The van der Waals surface area contributed by atoms with E-state index in [-0.39, 0.29) is 0 Å². The van der Waals surface area contributed by atoms with Crippen molar-refractivity contribution in [3.8, 4) is 11.1 Å². The minimum Gasteiger partial charge on any atom is -0.0711 e. The molecule has 42 heavy (non-hydrogen) atoms. The summed E-state index contributed by atoms with van der Waals surface area (Å²) in [5.74, 6) is 5.09. The van der Waals surface area contributed by atoms with Crippen LogP contribution in [0.5, 0.6) is 0 Å². The quantitative estimate of drug-likeness (QED) is 0.228. The van der Waals surface area contributed by atoms with Crippen LogP contribution >= 0.6 is 0 Å². The van der Waals surface area contributed by atoms with Crippen LogP contribution in [0.25, 0.3) is 11.1 Å². The zero-order chi connectivity index (χ0) is 29.5. The maximum absolute atomic E-state index is 2.89. The van der Waals surface area contributed by atoms with E-state index in [0.717, 1.165) is 40.7 Å². The molecule has 8 atom stereocenters. The SMILES string of the molecule is CC(CC1CCC([Si](C)(C)[Si](C)(C)C2C(C)CC3C(c4ccccc4-c4ccccc4)CCCC32)C1)c1ccccc1. The summed E-state index contributed by atoms with van der Waals surface area (Å²) in [6.45, 7) is 16.7. The summed E-state index contributed by atoms with van der Waals surface area (Å²) in [4.78, 5) is 0. The average Bonchev–Trinajstić information content (AvgIpc) is 3.62. The Balaban J connectivity index is 1.20. The van der Waals surface area contributed by atoms with Gasteiger partial charge in [-0.15, -0.1) is 0 Å². The van der Waals surface area contributed by atoms with Crippen molar-refractivity contribution in [2.24, 2.45) is 23.7 Å². The molecule has 0 spiro atoms. The Morgan fingerprint density at radius 3 is 2.10 bits per heavy atom. The largest absolute Gasteiger partial charge is 0.0711 e. The molecule has 6 rings (SSSR count). The fourth-order valence-electron chi connectivity index (χ4n) is 10.7. The summed E-state index contributed by atoms with van der Waals surface area (Å²) in [5.41, 5.74) is 8.13. The Labute approximate surface area is 259 Å². The summed E-state index contributed by atoms with van der Waals surface area (Å²) in [7, 11) is -2.82. The first-order valence-corrected chi connectivity index (χ1v) is 24.5.